The van der Waals surface area contributed by atoms with Crippen LogP contribution in [-0.2, 0) is 17.8 Å². The molecule has 0 aliphatic heterocycles. The molecule has 2 rings (SSSR count). The summed E-state index contributed by atoms with van der Waals surface area (Å²) in [6, 6.07) is 12.5. The molecule has 4 nitrogen and oxygen atoms in total. The van der Waals surface area contributed by atoms with Gasteiger partial charge in [-0.25, -0.2) is 4.39 Å². The van der Waals surface area contributed by atoms with E-state index < -0.39 is 5.82 Å². The molecule has 0 heterocycles. The van der Waals surface area contributed by atoms with Gasteiger partial charge in [-0.05, 0) is 42.3 Å². The highest BCUT2D eigenvalue weighted by atomic mass is 19.1. The Morgan fingerprint density at radius 3 is 2.71 bits per heavy atom. The summed E-state index contributed by atoms with van der Waals surface area (Å²) in [4.78, 5) is 12.2. The summed E-state index contributed by atoms with van der Waals surface area (Å²) in [6.45, 7) is 3.61. The van der Waals surface area contributed by atoms with E-state index in [1.807, 2.05) is 31.2 Å². The summed E-state index contributed by atoms with van der Waals surface area (Å²) >= 11 is 0. The summed E-state index contributed by atoms with van der Waals surface area (Å²) in [5, 5.41) is 6.18. The number of methoxy groups -OCH3 is 1. The fourth-order valence-corrected chi connectivity index (χ4v) is 2.39. The monoisotopic (exact) mass is 330 g/mol. The fraction of sp³-hybridized carbons (Fsp3) is 0.316. The van der Waals surface area contributed by atoms with E-state index in [1.165, 1.54) is 13.2 Å². The molecule has 0 aliphatic rings. The number of hydrogen-bond donors (Lipinski definition) is 2. The minimum Gasteiger partial charge on any atom is -0.494 e. The van der Waals surface area contributed by atoms with Crippen LogP contribution in [0.15, 0.2) is 42.5 Å². The van der Waals surface area contributed by atoms with Gasteiger partial charge in [0, 0.05) is 18.7 Å². The zero-order valence-electron chi connectivity index (χ0n) is 14.1. The van der Waals surface area contributed by atoms with Gasteiger partial charge in [0.05, 0.1) is 7.11 Å². The fourth-order valence-electron chi connectivity index (χ4n) is 2.39. The predicted molar refractivity (Wildman–Crippen MR) is 93.7 cm³/mol. The molecule has 0 saturated carbocycles. The van der Waals surface area contributed by atoms with Gasteiger partial charge in [-0.15, -0.1) is 0 Å². The number of anilines is 1. The van der Waals surface area contributed by atoms with E-state index in [0.717, 1.165) is 23.4 Å². The van der Waals surface area contributed by atoms with Gasteiger partial charge in [0.1, 0.15) is 0 Å². The van der Waals surface area contributed by atoms with E-state index >= 15 is 0 Å². The molecule has 0 atom stereocenters. The third-order valence-corrected chi connectivity index (χ3v) is 3.71. The van der Waals surface area contributed by atoms with Crippen LogP contribution < -0.4 is 15.4 Å². The van der Waals surface area contributed by atoms with Crippen molar-refractivity contribution in [2.45, 2.75) is 26.3 Å². The smallest absolute Gasteiger partial charge is 0.224 e. The number of ether oxygens (including phenoxy) is 1. The summed E-state index contributed by atoms with van der Waals surface area (Å²) in [7, 11) is 1.43. The van der Waals surface area contributed by atoms with Gasteiger partial charge in [-0.3, -0.25) is 4.79 Å². The molecule has 0 saturated heterocycles. The second-order valence-corrected chi connectivity index (χ2v) is 5.45. The van der Waals surface area contributed by atoms with Crippen molar-refractivity contribution in [2.24, 2.45) is 0 Å². The second-order valence-electron chi connectivity index (χ2n) is 5.45. The third-order valence-electron chi connectivity index (χ3n) is 3.71. The van der Waals surface area contributed by atoms with Gasteiger partial charge in [-0.1, -0.05) is 31.2 Å². The van der Waals surface area contributed by atoms with E-state index in [1.54, 1.807) is 12.1 Å². The molecule has 2 aromatic rings. The Morgan fingerprint density at radius 2 is 2.00 bits per heavy atom. The SMILES string of the molecule is CCNCc1ccccc1NC(=O)CCc1ccc(OC)c(F)c1. The maximum atomic E-state index is 13.7. The molecule has 2 N–H and O–H groups in total. The van der Waals surface area contributed by atoms with Crippen molar-refractivity contribution >= 4 is 11.6 Å². The Labute approximate surface area is 142 Å². The molecule has 0 bridgehead atoms. The van der Waals surface area contributed by atoms with E-state index in [2.05, 4.69) is 10.6 Å². The average molecular weight is 330 g/mol. The van der Waals surface area contributed by atoms with Crippen LogP contribution >= 0.6 is 0 Å². The van der Waals surface area contributed by atoms with Crippen molar-refractivity contribution in [3.05, 3.63) is 59.4 Å². The molecule has 128 valence electrons. The van der Waals surface area contributed by atoms with Crippen LogP contribution in [0.2, 0.25) is 0 Å². The van der Waals surface area contributed by atoms with E-state index in [9.17, 15) is 9.18 Å². The van der Waals surface area contributed by atoms with Gasteiger partial charge in [0.25, 0.3) is 0 Å². The molecule has 24 heavy (non-hydrogen) atoms. The van der Waals surface area contributed by atoms with E-state index in [-0.39, 0.29) is 11.7 Å². The Bertz CT molecular complexity index is 689. The first kappa shape index (κ1) is 17.9. The quantitative estimate of drug-likeness (QED) is 0.779. The Kier molecular flexibility index (Phi) is 6.75. The zero-order valence-corrected chi connectivity index (χ0v) is 14.1. The van der Waals surface area contributed by atoms with Crippen molar-refractivity contribution < 1.29 is 13.9 Å². The molecule has 0 aliphatic carbocycles. The Balaban J connectivity index is 1.93. The number of carbonyl (C=O) groups excluding carboxylic acids is 1. The minimum atomic E-state index is -0.411. The maximum Gasteiger partial charge on any atom is 0.224 e. The lowest BCUT2D eigenvalue weighted by Crippen LogP contribution is -2.17. The van der Waals surface area contributed by atoms with E-state index in [4.69, 9.17) is 4.74 Å². The van der Waals surface area contributed by atoms with Crippen molar-refractivity contribution in [3.8, 4) is 5.75 Å². The topological polar surface area (TPSA) is 50.4 Å². The molecule has 0 radical (unpaired) electrons. The molecule has 1 amide bonds. The lowest BCUT2D eigenvalue weighted by atomic mass is 10.1. The van der Waals surface area contributed by atoms with Crippen LogP contribution in [0.4, 0.5) is 10.1 Å². The predicted octanol–water partition coefficient (Wildman–Crippen LogP) is 3.52. The van der Waals surface area contributed by atoms with Gasteiger partial charge < -0.3 is 15.4 Å². The first-order chi connectivity index (χ1) is 11.6. The number of amides is 1. The number of benzene rings is 2. The lowest BCUT2D eigenvalue weighted by molar-refractivity contribution is -0.116. The number of rotatable bonds is 8. The number of hydrogen-bond acceptors (Lipinski definition) is 3. The van der Waals surface area contributed by atoms with Crippen LogP contribution in [0.5, 0.6) is 5.75 Å². The summed E-state index contributed by atoms with van der Waals surface area (Å²) in [5.74, 6) is -0.290. The highest BCUT2D eigenvalue weighted by molar-refractivity contribution is 5.91. The highest BCUT2D eigenvalue weighted by Crippen LogP contribution is 2.19. The summed E-state index contributed by atoms with van der Waals surface area (Å²) in [6.07, 6.45) is 0.767. The van der Waals surface area contributed by atoms with Gasteiger partial charge in [0.2, 0.25) is 5.91 Å². The first-order valence-electron chi connectivity index (χ1n) is 8.05. The molecule has 0 spiro atoms. The van der Waals surface area contributed by atoms with Crippen LogP contribution in [-0.4, -0.2) is 19.6 Å². The van der Waals surface area contributed by atoms with Gasteiger partial charge in [0.15, 0.2) is 11.6 Å². The summed E-state index contributed by atoms with van der Waals surface area (Å²) < 4.78 is 18.6. The van der Waals surface area contributed by atoms with Crippen molar-refractivity contribution in [1.29, 1.82) is 0 Å². The standard InChI is InChI=1S/C19H23FN2O2/c1-3-21-13-15-6-4-5-7-17(15)22-19(23)11-9-14-8-10-18(24-2)16(20)12-14/h4-8,10,12,21H,3,9,11,13H2,1-2H3,(H,22,23). The normalized spacial score (nSPS) is 10.5. The zero-order chi connectivity index (χ0) is 17.4. The molecular weight excluding hydrogens is 307 g/mol. The average Bonchev–Trinajstić information content (AvgIpc) is 2.59. The largest absolute Gasteiger partial charge is 0.494 e. The third kappa shape index (κ3) is 5.06. The van der Waals surface area contributed by atoms with Crippen molar-refractivity contribution in [1.82, 2.24) is 5.32 Å². The first-order valence-corrected chi connectivity index (χ1v) is 8.05. The highest BCUT2D eigenvalue weighted by Gasteiger charge is 2.08. The van der Waals surface area contributed by atoms with Crippen molar-refractivity contribution in [3.63, 3.8) is 0 Å². The number of aryl methyl sites for hydroxylation is 1. The van der Waals surface area contributed by atoms with E-state index in [0.29, 0.717) is 19.4 Å². The molecule has 2 aromatic carbocycles. The Hall–Kier alpha value is -2.40. The van der Waals surface area contributed by atoms with Crippen LogP contribution in [0.1, 0.15) is 24.5 Å². The van der Waals surface area contributed by atoms with Crippen molar-refractivity contribution in [2.75, 3.05) is 19.0 Å². The van der Waals surface area contributed by atoms with Gasteiger partial charge in [-0.2, -0.15) is 0 Å². The van der Waals surface area contributed by atoms with Gasteiger partial charge >= 0.3 is 0 Å². The maximum absolute atomic E-state index is 13.7. The molecule has 0 aromatic heterocycles. The number of nitrogens with one attached hydrogen (secondary N) is 2. The molecule has 5 heteroatoms. The minimum absolute atomic E-state index is 0.0878. The number of halogens is 1. The summed E-state index contributed by atoms with van der Waals surface area (Å²) in [5.41, 5.74) is 2.62. The Morgan fingerprint density at radius 1 is 1.21 bits per heavy atom. The second kappa shape index (κ2) is 9.03. The van der Waals surface area contributed by atoms with Crippen LogP contribution in [0.25, 0.3) is 0 Å². The molecule has 0 fully saturated rings. The molecular formula is C19H23FN2O2. The van der Waals surface area contributed by atoms with Crippen LogP contribution in [0, 0.1) is 5.82 Å². The number of para-hydroxylation sites is 1. The van der Waals surface area contributed by atoms with Crippen LogP contribution in [0.3, 0.4) is 0 Å². The molecule has 0 unspecified atom stereocenters. The number of carbonyl (C=O) groups is 1. The lowest BCUT2D eigenvalue weighted by Gasteiger charge is -2.11.